The zero-order valence-corrected chi connectivity index (χ0v) is 19.0. The number of rotatable bonds is 7. The Bertz CT molecular complexity index is 1300. The van der Waals surface area contributed by atoms with Crippen molar-refractivity contribution in [3.05, 3.63) is 52.2 Å². The SMILES string of the molecule is N#Cc1cc2cnc(Nc3ccc(OCCN4CCCC4)c(F)c3)nc2n(C2CCCC2)c1=O.[HH]. The van der Waals surface area contributed by atoms with Crippen LogP contribution in [-0.2, 0) is 0 Å². The van der Waals surface area contributed by atoms with Gasteiger partial charge in [0.05, 0.1) is 0 Å². The maximum Gasteiger partial charge on any atom is 0.270 e. The third-order valence-electron chi connectivity index (χ3n) is 6.64. The number of benzene rings is 1. The minimum atomic E-state index is -0.464. The third kappa shape index (κ3) is 4.59. The average molecular weight is 465 g/mol. The monoisotopic (exact) mass is 464 g/mol. The fourth-order valence-corrected chi connectivity index (χ4v) is 4.88. The normalized spacial score (nSPS) is 16.7. The molecule has 1 saturated carbocycles. The lowest BCUT2D eigenvalue weighted by atomic mass is 10.2. The molecule has 2 fully saturated rings. The highest BCUT2D eigenvalue weighted by Gasteiger charge is 2.23. The molecule has 5 rings (SSSR count). The number of nitrogens with one attached hydrogen (secondary N) is 1. The van der Waals surface area contributed by atoms with Crippen LogP contribution in [0.4, 0.5) is 16.0 Å². The first kappa shape index (κ1) is 22.3. The number of nitriles is 1. The minimum absolute atomic E-state index is 0. The van der Waals surface area contributed by atoms with Crippen molar-refractivity contribution in [1.29, 1.82) is 5.26 Å². The number of likely N-dealkylation sites (tertiary alicyclic amines) is 1. The van der Waals surface area contributed by atoms with E-state index in [1.54, 1.807) is 22.9 Å². The number of anilines is 2. The van der Waals surface area contributed by atoms with E-state index in [9.17, 15) is 14.4 Å². The van der Waals surface area contributed by atoms with Crippen LogP contribution in [0, 0.1) is 17.1 Å². The highest BCUT2D eigenvalue weighted by Crippen LogP contribution is 2.31. The molecule has 0 atom stereocenters. The second-order valence-electron chi connectivity index (χ2n) is 8.92. The summed E-state index contributed by atoms with van der Waals surface area (Å²) in [5, 5.41) is 13.0. The lowest BCUT2D eigenvalue weighted by molar-refractivity contribution is 0.231. The molecule has 0 radical (unpaired) electrons. The summed E-state index contributed by atoms with van der Waals surface area (Å²) in [5.74, 6) is 0.00229. The Labute approximate surface area is 198 Å². The van der Waals surface area contributed by atoms with E-state index in [-0.39, 0.29) is 30.3 Å². The number of nitrogens with zero attached hydrogens (tertiary/aromatic N) is 5. The second kappa shape index (κ2) is 9.77. The van der Waals surface area contributed by atoms with E-state index in [0.717, 1.165) is 45.3 Å². The molecule has 1 aliphatic heterocycles. The molecule has 2 aromatic heterocycles. The van der Waals surface area contributed by atoms with Crippen molar-refractivity contribution in [3.63, 3.8) is 0 Å². The smallest absolute Gasteiger partial charge is 0.270 e. The van der Waals surface area contributed by atoms with Gasteiger partial charge in [-0.3, -0.25) is 14.3 Å². The zero-order chi connectivity index (χ0) is 23.5. The van der Waals surface area contributed by atoms with Crippen LogP contribution in [0.5, 0.6) is 5.75 Å². The Balaban J connectivity index is 0.00000289. The van der Waals surface area contributed by atoms with E-state index in [1.165, 1.54) is 25.0 Å². The predicted octanol–water partition coefficient (Wildman–Crippen LogP) is 4.38. The van der Waals surface area contributed by atoms with Crippen LogP contribution in [0.3, 0.4) is 0 Å². The summed E-state index contributed by atoms with van der Waals surface area (Å²) >= 11 is 0. The highest BCUT2D eigenvalue weighted by atomic mass is 19.1. The molecule has 8 nitrogen and oxygen atoms in total. The number of ether oxygens (including phenoxy) is 1. The maximum atomic E-state index is 14.6. The zero-order valence-electron chi connectivity index (χ0n) is 19.0. The van der Waals surface area contributed by atoms with Gasteiger partial charge in [0.25, 0.3) is 5.56 Å². The van der Waals surface area contributed by atoms with E-state index in [0.29, 0.717) is 23.3 Å². The van der Waals surface area contributed by atoms with Gasteiger partial charge in [-0.1, -0.05) is 12.8 Å². The summed E-state index contributed by atoms with van der Waals surface area (Å²) < 4.78 is 21.9. The molecule has 1 aromatic carbocycles. The highest BCUT2D eigenvalue weighted by molar-refractivity contribution is 5.77. The van der Waals surface area contributed by atoms with Crippen LogP contribution in [0.1, 0.15) is 51.6 Å². The van der Waals surface area contributed by atoms with Gasteiger partial charge in [-0.05, 0) is 57.0 Å². The van der Waals surface area contributed by atoms with Gasteiger partial charge in [-0.25, -0.2) is 9.37 Å². The molecule has 0 spiro atoms. The van der Waals surface area contributed by atoms with Crippen molar-refractivity contribution in [2.24, 2.45) is 0 Å². The summed E-state index contributed by atoms with van der Waals surface area (Å²) in [4.78, 5) is 24.1. The van der Waals surface area contributed by atoms with Gasteiger partial charge >= 0.3 is 0 Å². The number of hydrogen-bond donors (Lipinski definition) is 1. The number of fused-ring (bicyclic) bond motifs is 1. The predicted molar refractivity (Wildman–Crippen MR) is 129 cm³/mol. The molecule has 0 unspecified atom stereocenters. The maximum absolute atomic E-state index is 14.6. The van der Waals surface area contributed by atoms with Crippen LogP contribution < -0.4 is 15.6 Å². The van der Waals surface area contributed by atoms with Gasteiger partial charge in [-0.2, -0.15) is 10.2 Å². The fourth-order valence-electron chi connectivity index (χ4n) is 4.88. The van der Waals surface area contributed by atoms with E-state index in [4.69, 9.17) is 4.74 Å². The Morgan fingerprint density at radius 2 is 2.00 bits per heavy atom. The molecule has 34 heavy (non-hydrogen) atoms. The van der Waals surface area contributed by atoms with Gasteiger partial charge in [0.15, 0.2) is 11.6 Å². The fraction of sp³-hybridized carbons (Fsp3) is 0.440. The lowest BCUT2D eigenvalue weighted by Gasteiger charge is -2.17. The molecule has 2 aliphatic rings. The molecular formula is C25H29FN6O2. The molecule has 0 bridgehead atoms. The standard InChI is InChI=1S/C25H27FN6O2.H2/c26-21-14-19(7-8-22(21)34-12-11-31-9-3-4-10-31)29-25-28-16-18-13-17(15-27)24(33)32(23(18)30-25)20-5-1-2-6-20;/h7-8,13-14,16,20H,1-6,9-12H2,(H,28,29,30);1H. The van der Waals surface area contributed by atoms with E-state index >= 15 is 0 Å². The summed E-state index contributed by atoms with van der Waals surface area (Å²) in [7, 11) is 0. The van der Waals surface area contributed by atoms with Gasteiger partial charge in [0.1, 0.15) is 23.9 Å². The molecule has 3 heterocycles. The summed E-state index contributed by atoms with van der Waals surface area (Å²) in [6.07, 6.45) is 7.84. The molecule has 1 N–H and O–H groups in total. The van der Waals surface area contributed by atoms with E-state index < -0.39 is 5.82 Å². The van der Waals surface area contributed by atoms with Gasteiger partial charge in [0, 0.05) is 37.4 Å². The van der Waals surface area contributed by atoms with Crippen LogP contribution >= 0.6 is 0 Å². The molecule has 0 amide bonds. The molecule has 1 saturated heterocycles. The number of halogens is 1. The quantitative estimate of drug-likeness (QED) is 0.554. The number of pyridine rings is 1. The Kier molecular flexibility index (Phi) is 6.41. The van der Waals surface area contributed by atoms with Crippen molar-refractivity contribution >= 4 is 22.7 Å². The average Bonchev–Trinajstić information content (AvgIpc) is 3.55. The topological polar surface area (TPSA) is 96.1 Å². The van der Waals surface area contributed by atoms with Gasteiger partial charge in [0.2, 0.25) is 5.95 Å². The summed E-state index contributed by atoms with van der Waals surface area (Å²) in [5.41, 5.74) is 0.724. The second-order valence-corrected chi connectivity index (χ2v) is 8.92. The van der Waals surface area contributed by atoms with Crippen molar-refractivity contribution in [3.8, 4) is 11.8 Å². The molecule has 3 aromatic rings. The van der Waals surface area contributed by atoms with Gasteiger partial charge < -0.3 is 10.1 Å². The number of aromatic nitrogens is 3. The van der Waals surface area contributed by atoms with E-state index in [1.807, 2.05) is 6.07 Å². The van der Waals surface area contributed by atoms with Crippen LogP contribution in [0.15, 0.2) is 35.3 Å². The minimum Gasteiger partial charge on any atom is -0.489 e. The Morgan fingerprint density at radius 1 is 1.21 bits per heavy atom. The van der Waals surface area contributed by atoms with Gasteiger partial charge in [-0.15, -0.1) is 0 Å². The van der Waals surface area contributed by atoms with E-state index in [2.05, 4.69) is 20.2 Å². The molecule has 1 aliphatic carbocycles. The van der Waals surface area contributed by atoms with Crippen molar-refractivity contribution < 1.29 is 10.6 Å². The first-order valence-electron chi connectivity index (χ1n) is 11.9. The first-order chi connectivity index (χ1) is 16.6. The lowest BCUT2D eigenvalue weighted by Crippen LogP contribution is -2.26. The van der Waals surface area contributed by atoms with Crippen LogP contribution in [0.2, 0.25) is 0 Å². The summed E-state index contributed by atoms with van der Waals surface area (Å²) in [6.45, 7) is 3.39. The van der Waals surface area contributed by atoms with Crippen LogP contribution in [-0.4, -0.2) is 45.7 Å². The third-order valence-corrected chi connectivity index (χ3v) is 6.64. The molecule has 178 valence electrons. The summed E-state index contributed by atoms with van der Waals surface area (Å²) in [6, 6.07) is 8.19. The largest absolute Gasteiger partial charge is 0.489 e. The number of hydrogen-bond acceptors (Lipinski definition) is 7. The van der Waals surface area contributed by atoms with Crippen molar-refractivity contribution in [2.45, 2.75) is 44.6 Å². The Morgan fingerprint density at radius 3 is 2.74 bits per heavy atom. The van der Waals surface area contributed by atoms with Crippen molar-refractivity contribution in [1.82, 2.24) is 19.4 Å². The molecule has 9 heteroatoms. The Hall–Kier alpha value is -3.51. The van der Waals surface area contributed by atoms with Crippen LogP contribution in [0.25, 0.3) is 11.0 Å². The first-order valence-corrected chi connectivity index (χ1v) is 11.9. The molecular weight excluding hydrogens is 435 g/mol. The van der Waals surface area contributed by atoms with Crippen molar-refractivity contribution in [2.75, 3.05) is 31.6 Å².